The largest absolute Gasteiger partial charge is 0.516 e. The second kappa shape index (κ2) is 8.21. The third-order valence-electron chi connectivity index (χ3n) is 2.59. The Hall–Kier alpha value is -2.74. The van der Waals surface area contributed by atoms with Gasteiger partial charge in [-0.25, -0.2) is 19.2 Å². The molecular formula is C15H14ClFN4O3. The Labute approximate surface area is 142 Å². The number of carbonyl (C=O) groups is 1. The van der Waals surface area contributed by atoms with E-state index in [4.69, 9.17) is 21.1 Å². The van der Waals surface area contributed by atoms with E-state index in [2.05, 4.69) is 15.0 Å². The SMILES string of the molecule is CN(C)C=Nc1nc(OC(=O)OCc2ccccc2Cl)ncc1F. The smallest absolute Gasteiger partial charge is 0.429 e. The van der Waals surface area contributed by atoms with Gasteiger partial charge in [0.2, 0.25) is 0 Å². The van der Waals surface area contributed by atoms with E-state index in [1.807, 2.05) is 0 Å². The van der Waals surface area contributed by atoms with Crippen molar-refractivity contribution < 1.29 is 18.7 Å². The summed E-state index contributed by atoms with van der Waals surface area (Å²) in [6.07, 6.45) is 1.17. The van der Waals surface area contributed by atoms with Gasteiger partial charge in [-0.2, -0.15) is 4.98 Å². The van der Waals surface area contributed by atoms with Gasteiger partial charge in [0.25, 0.3) is 0 Å². The van der Waals surface area contributed by atoms with Gasteiger partial charge in [-0.1, -0.05) is 29.8 Å². The van der Waals surface area contributed by atoms with Crippen LogP contribution < -0.4 is 4.74 Å². The van der Waals surface area contributed by atoms with E-state index in [0.717, 1.165) is 6.20 Å². The van der Waals surface area contributed by atoms with Crippen LogP contribution in [-0.2, 0) is 11.3 Å². The van der Waals surface area contributed by atoms with Gasteiger partial charge in [0.1, 0.15) is 6.61 Å². The fourth-order valence-corrected chi connectivity index (χ4v) is 1.70. The molecule has 0 saturated carbocycles. The van der Waals surface area contributed by atoms with E-state index >= 15 is 0 Å². The van der Waals surface area contributed by atoms with Crippen LogP contribution in [0.15, 0.2) is 35.5 Å². The van der Waals surface area contributed by atoms with Crippen LogP contribution in [0.5, 0.6) is 6.01 Å². The van der Waals surface area contributed by atoms with Crippen LogP contribution in [0.3, 0.4) is 0 Å². The third kappa shape index (κ3) is 5.17. The van der Waals surface area contributed by atoms with Crippen LogP contribution >= 0.6 is 11.6 Å². The van der Waals surface area contributed by atoms with Crippen molar-refractivity contribution >= 4 is 29.9 Å². The number of nitrogens with zero attached hydrogens (tertiary/aromatic N) is 4. The summed E-state index contributed by atoms with van der Waals surface area (Å²) in [4.78, 5) is 24.3. The molecule has 0 spiro atoms. The van der Waals surface area contributed by atoms with Crippen molar-refractivity contribution in [3.05, 3.63) is 46.9 Å². The van der Waals surface area contributed by atoms with Gasteiger partial charge in [-0.15, -0.1) is 0 Å². The first-order valence-electron chi connectivity index (χ1n) is 6.77. The first-order valence-corrected chi connectivity index (χ1v) is 7.14. The van der Waals surface area contributed by atoms with Gasteiger partial charge < -0.3 is 14.4 Å². The second-order valence-electron chi connectivity index (χ2n) is 4.76. The van der Waals surface area contributed by atoms with E-state index in [-0.39, 0.29) is 18.4 Å². The Morgan fingerprint density at radius 1 is 1.42 bits per heavy atom. The topological polar surface area (TPSA) is 76.9 Å². The highest BCUT2D eigenvalue weighted by Gasteiger charge is 2.13. The molecule has 126 valence electrons. The average Bonchev–Trinajstić information content (AvgIpc) is 2.54. The van der Waals surface area contributed by atoms with Crippen LogP contribution in [0, 0.1) is 5.82 Å². The molecule has 0 fully saturated rings. The molecule has 0 amide bonds. The first-order chi connectivity index (χ1) is 11.5. The second-order valence-corrected chi connectivity index (χ2v) is 5.17. The minimum absolute atomic E-state index is 0.0780. The molecule has 9 heteroatoms. The number of hydrogen-bond acceptors (Lipinski definition) is 6. The summed E-state index contributed by atoms with van der Waals surface area (Å²) in [5.74, 6) is -1.00. The molecule has 0 aliphatic rings. The molecule has 0 atom stereocenters. The molecule has 2 rings (SSSR count). The zero-order valence-electron chi connectivity index (χ0n) is 12.9. The fraction of sp³-hybridized carbons (Fsp3) is 0.200. The molecule has 24 heavy (non-hydrogen) atoms. The lowest BCUT2D eigenvalue weighted by atomic mass is 10.2. The zero-order chi connectivity index (χ0) is 17.5. The molecule has 1 aromatic carbocycles. The van der Waals surface area contributed by atoms with E-state index in [9.17, 15) is 9.18 Å². The normalized spacial score (nSPS) is 10.7. The van der Waals surface area contributed by atoms with Crippen molar-refractivity contribution in [2.24, 2.45) is 4.99 Å². The summed E-state index contributed by atoms with van der Waals surface area (Å²) < 4.78 is 23.2. The molecule has 0 radical (unpaired) electrons. The van der Waals surface area contributed by atoms with Gasteiger partial charge >= 0.3 is 12.2 Å². The maximum atomic E-state index is 13.5. The molecule has 0 aliphatic heterocycles. The Morgan fingerprint density at radius 3 is 2.88 bits per heavy atom. The van der Waals surface area contributed by atoms with E-state index in [1.165, 1.54) is 6.34 Å². The van der Waals surface area contributed by atoms with E-state index in [1.54, 1.807) is 43.3 Å². The molecule has 7 nitrogen and oxygen atoms in total. The van der Waals surface area contributed by atoms with Gasteiger partial charge in [0.15, 0.2) is 11.6 Å². The van der Waals surface area contributed by atoms with Crippen molar-refractivity contribution in [3.63, 3.8) is 0 Å². The number of ether oxygens (including phenoxy) is 2. The molecular weight excluding hydrogens is 339 g/mol. The lowest BCUT2D eigenvalue weighted by Crippen LogP contribution is -2.13. The Balaban J connectivity index is 1.99. The molecule has 0 bridgehead atoms. The Kier molecular flexibility index (Phi) is 6.02. The zero-order valence-corrected chi connectivity index (χ0v) is 13.7. The third-order valence-corrected chi connectivity index (χ3v) is 2.96. The summed E-state index contributed by atoms with van der Waals surface area (Å²) in [7, 11) is 3.43. The van der Waals surface area contributed by atoms with Crippen molar-refractivity contribution in [3.8, 4) is 6.01 Å². The summed E-state index contributed by atoms with van der Waals surface area (Å²) in [6, 6.07) is 6.52. The number of rotatable bonds is 5. The summed E-state index contributed by atoms with van der Waals surface area (Å²) in [6.45, 7) is -0.0780. The minimum atomic E-state index is -1.04. The van der Waals surface area contributed by atoms with Gasteiger partial charge in [-0.05, 0) is 6.07 Å². The first kappa shape index (κ1) is 17.6. The number of benzene rings is 1. The molecule has 0 N–H and O–H groups in total. The predicted molar refractivity (Wildman–Crippen MR) is 86.1 cm³/mol. The van der Waals surface area contributed by atoms with E-state index < -0.39 is 12.0 Å². The maximum Gasteiger partial charge on any atom is 0.516 e. The van der Waals surface area contributed by atoms with Gasteiger partial charge in [0.05, 0.1) is 12.5 Å². The number of halogens is 2. The van der Waals surface area contributed by atoms with Crippen LogP contribution in [-0.4, -0.2) is 41.5 Å². The average molecular weight is 353 g/mol. The van der Waals surface area contributed by atoms with Crippen molar-refractivity contribution in [2.45, 2.75) is 6.61 Å². The summed E-state index contributed by atoms with van der Waals surface area (Å²) >= 11 is 5.95. The predicted octanol–water partition coefficient (Wildman–Crippen LogP) is 3.21. The number of hydrogen-bond donors (Lipinski definition) is 0. The molecule has 1 heterocycles. The van der Waals surface area contributed by atoms with Crippen LogP contribution in [0.4, 0.5) is 15.0 Å². The monoisotopic (exact) mass is 352 g/mol. The quantitative estimate of drug-likeness (QED) is 0.467. The van der Waals surface area contributed by atoms with Crippen LogP contribution in [0.1, 0.15) is 5.56 Å². The maximum absolute atomic E-state index is 13.5. The summed E-state index contributed by atoms with van der Waals surface area (Å²) in [5, 5.41) is 0.462. The molecule has 0 aliphatic carbocycles. The van der Waals surface area contributed by atoms with Gasteiger partial charge in [-0.3, -0.25) is 0 Å². The molecule has 0 saturated heterocycles. The van der Waals surface area contributed by atoms with Gasteiger partial charge in [0, 0.05) is 24.7 Å². The number of aliphatic imine (C=N–C) groups is 1. The Bertz CT molecular complexity index is 755. The molecule has 0 unspecified atom stereocenters. The highest BCUT2D eigenvalue weighted by Crippen LogP contribution is 2.18. The van der Waals surface area contributed by atoms with Crippen LogP contribution in [0.25, 0.3) is 0 Å². The lowest BCUT2D eigenvalue weighted by Gasteiger charge is -2.07. The highest BCUT2D eigenvalue weighted by molar-refractivity contribution is 6.31. The highest BCUT2D eigenvalue weighted by atomic mass is 35.5. The fourth-order valence-electron chi connectivity index (χ4n) is 1.51. The van der Waals surface area contributed by atoms with E-state index in [0.29, 0.717) is 10.6 Å². The number of aromatic nitrogens is 2. The molecule has 1 aromatic heterocycles. The van der Waals surface area contributed by atoms with Crippen LogP contribution in [0.2, 0.25) is 5.02 Å². The molecule has 2 aromatic rings. The minimum Gasteiger partial charge on any atom is -0.429 e. The van der Waals surface area contributed by atoms with Crippen molar-refractivity contribution in [2.75, 3.05) is 14.1 Å². The van der Waals surface area contributed by atoms with Crippen molar-refractivity contribution in [1.29, 1.82) is 0 Å². The number of carbonyl (C=O) groups excluding carboxylic acids is 1. The van der Waals surface area contributed by atoms with Crippen molar-refractivity contribution in [1.82, 2.24) is 14.9 Å². The summed E-state index contributed by atoms with van der Waals surface area (Å²) in [5.41, 5.74) is 0.618. The standard InChI is InChI=1S/C15H14ClFN4O3/c1-21(2)9-19-13-12(17)7-18-14(20-13)24-15(22)23-8-10-5-3-4-6-11(10)16/h3-7,9H,8H2,1-2H3. The lowest BCUT2D eigenvalue weighted by molar-refractivity contribution is 0.0895. The Morgan fingerprint density at radius 2 is 2.17 bits per heavy atom.